The molecule has 1 aliphatic heterocycles. The number of hydrogen-bond donors (Lipinski definition) is 1. The van der Waals surface area contributed by atoms with Crippen molar-refractivity contribution in [2.24, 2.45) is 0 Å². The number of aromatic amines is 1. The molecule has 1 amide bonds. The molecule has 0 saturated heterocycles. The first kappa shape index (κ1) is 22.1. The maximum atomic E-state index is 13.0. The van der Waals surface area contributed by atoms with Crippen LogP contribution in [0.25, 0.3) is 22.5 Å². The van der Waals surface area contributed by atoms with Crippen LogP contribution in [0.5, 0.6) is 11.5 Å². The van der Waals surface area contributed by atoms with Crippen LogP contribution in [0.1, 0.15) is 5.56 Å². The molecule has 7 heteroatoms. The van der Waals surface area contributed by atoms with Crippen LogP contribution < -0.4 is 14.4 Å². The van der Waals surface area contributed by atoms with Gasteiger partial charge >= 0.3 is 0 Å². The quantitative estimate of drug-likeness (QED) is 0.364. The Bertz CT molecular complexity index is 1230. The fourth-order valence-corrected chi connectivity index (χ4v) is 4.90. The zero-order valence-electron chi connectivity index (χ0n) is 19.1. The fraction of sp³-hybridized carbons (Fsp3) is 0.185. The average molecular weight is 472 g/mol. The van der Waals surface area contributed by atoms with Gasteiger partial charge in [-0.2, -0.15) is 0 Å². The highest BCUT2D eigenvalue weighted by molar-refractivity contribution is 7.99. The molecule has 0 radical (unpaired) electrons. The van der Waals surface area contributed by atoms with Gasteiger partial charge in [-0.05, 0) is 66.6 Å². The Morgan fingerprint density at radius 2 is 1.59 bits per heavy atom. The first-order valence-corrected chi connectivity index (χ1v) is 12.0. The van der Waals surface area contributed by atoms with E-state index in [2.05, 4.69) is 11.1 Å². The first-order chi connectivity index (χ1) is 16.7. The van der Waals surface area contributed by atoms with Gasteiger partial charge in [0.15, 0.2) is 5.16 Å². The summed E-state index contributed by atoms with van der Waals surface area (Å²) in [5, 5.41) is 0.706. The van der Waals surface area contributed by atoms with Gasteiger partial charge in [-0.3, -0.25) is 4.79 Å². The van der Waals surface area contributed by atoms with Gasteiger partial charge in [0.1, 0.15) is 11.5 Å². The Morgan fingerprint density at radius 3 is 2.26 bits per heavy atom. The molecule has 34 heavy (non-hydrogen) atoms. The van der Waals surface area contributed by atoms with Gasteiger partial charge in [-0.15, -0.1) is 0 Å². The van der Waals surface area contributed by atoms with Gasteiger partial charge < -0.3 is 19.4 Å². The number of para-hydroxylation sites is 1. The largest absolute Gasteiger partial charge is 0.497 e. The Kier molecular flexibility index (Phi) is 6.27. The van der Waals surface area contributed by atoms with Crippen molar-refractivity contribution in [3.63, 3.8) is 0 Å². The number of H-pyrrole nitrogens is 1. The number of aromatic nitrogens is 2. The summed E-state index contributed by atoms with van der Waals surface area (Å²) in [5.74, 6) is 1.98. The van der Waals surface area contributed by atoms with E-state index < -0.39 is 0 Å². The van der Waals surface area contributed by atoms with E-state index in [1.165, 1.54) is 17.3 Å². The monoisotopic (exact) mass is 471 g/mol. The Balaban J connectivity index is 1.41. The number of amides is 1. The maximum absolute atomic E-state index is 13.0. The molecule has 0 saturated carbocycles. The van der Waals surface area contributed by atoms with Crippen LogP contribution in [-0.2, 0) is 11.2 Å². The molecule has 5 rings (SSSR count). The van der Waals surface area contributed by atoms with E-state index >= 15 is 0 Å². The van der Waals surface area contributed by atoms with E-state index in [0.717, 1.165) is 52.7 Å². The van der Waals surface area contributed by atoms with Crippen molar-refractivity contribution >= 4 is 23.4 Å². The van der Waals surface area contributed by atoms with Gasteiger partial charge in [0, 0.05) is 23.4 Å². The van der Waals surface area contributed by atoms with Crippen molar-refractivity contribution in [3.8, 4) is 34.0 Å². The van der Waals surface area contributed by atoms with Crippen LogP contribution in [-0.4, -0.2) is 42.4 Å². The van der Waals surface area contributed by atoms with Crippen LogP contribution in [0.4, 0.5) is 5.69 Å². The molecular formula is C27H25N3O3S. The lowest BCUT2D eigenvalue weighted by atomic mass is 10.0. The molecule has 2 heterocycles. The molecule has 0 atom stereocenters. The average Bonchev–Trinajstić information content (AvgIpc) is 3.52. The Morgan fingerprint density at radius 1 is 0.941 bits per heavy atom. The van der Waals surface area contributed by atoms with Crippen molar-refractivity contribution < 1.29 is 14.3 Å². The van der Waals surface area contributed by atoms with Gasteiger partial charge in [-0.25, -0.2) is 4.98 Å². The van der Waals surface area contributed by atoms with E-state index in [0.29, 0.717) is 10.9 Å². The predicted molar refractivity (Wildman–Crippen MR) is 136 cm³/mol. The second kappa shape index (κ2) is 9.65. The van der Waals surface area contributed by atoms with Gasteiger partial charge in [0.25, 0.3) is 0 Å². The number of methoxy groups -OCH3 is 2. The number of fused-ring (bicyclic) bond motifs is 1. The lowest BCUT2D eigenvalue weighted by Crippen LogP contribution is -2.30. The molecule has 3 aromatic carbocycles. The molecule has 1 aliphatic rings. The predicted octanol–water partition coefficient (Wildman–Crippen LogP) is 5.44. The van der Waals surface area contributed by atoms with E-state index in [1.54, 1.807) is 14.2 Å². The van der Waals surface area contributed by atoms with E-state index in [4.69, 9.17) is 14.5 Å². The summed E-state index contributed by atoms with van der Waals surface area (Å²) < 4.78 is 10.6. The number of thioether (sulfide) groups is 1. The number of carbonyl (C=O) groups excluding carboxylic acids is 1. The first-order valence-electron chi connectivity index (χ1n) is 11.1. The summed E-state index contributed by atoms with van der Waals surface area (Å²) in [6.45, 7) is 0.727. The van der Waals surface area contributed by atoms with Gasteiger partial charge in [0.05, 0.1) is 31.4 Å². The molecular weight excluding hydrogens is 446 g/mol. The second-order valence-corrected chi connectivity index (χ2v) is 8.90. The number of nitrogens with zero attached hydrogens (tertiary/aromatic N) is 2. The number of benzene rings is 3. The minimum atomic E-state index is 0.0864. The molecule has 1 aromatic heterocycles. The summed E-state index contributed by atoms with van der Waals surface area (Å²) in [6, 6.07) is 23.8. The third-order valence-corrected chi connectivity index (χ3v) is 6.80. The summed E-state index contributed by atoms with van der Waals surface area (Å²) in [4.78, 5) is 23.2. The number of rotatable bonds is 7. The topological polar surface area (TPSA) is 67.5 Å². The minimum Gasteiger partial charge on any atom is -0.497 e. The summed E-state index contributed by atoms with van der Waals surface area (Å²) >= 11 is 1.42. The molecule has 0 unspecified atom stereocenters. The molecule has 4 aromatic rings. The Labute approximate surface area is 202 Å². The highest BCUT2D eigenvalue weighted by atomic mass is 32.2. The zero-order valence-corrected chi connectivity index (χ0v) is 19.9. The van der Waals surface area contributed by atoms with E-state index in [1.807, 2.05) is 71.6 Å². The van der Waals surface area contributed by atoms with Crippen LogP contribution in [0.2, 0.25) is 0 Å². The molecule has 0 fully saturated rings. The van der Waals surface area contributed by atoms with Crippen molar-refractivity contribution in [1.29, 1.82) is 0 Å². The van der Waals surface area contributed by atoms with E-state index in [-0.39, 0.29) is 5.91 Å². The number of imidazole rings is 1. The standard InChI is InChI=1S/C27H25N3O3S/c1-32-21-11-7-19(8-12-21)25-26(20-9-13-22(33-2)14-10-20)29-27(28-25)34-17-24(31)30-16-15-18-5-3-4-6-23(18)30/h3-14H,15-17H2,1-2H3,(H,28,29). The van der Waals surface area contributed by atoms with Gasteiger partial charge in [-0.1, -0.05) is 30.0 Å². The van der Waals surface area contributed by atoms with Crippen LogP contribution in [0.15, 0.2) is 78.0 Å². The molecule has 172 valence electrons. The smallest absolute Gasteiger partial charge is 0.237 e. The van der Waals surface area contributed by atoms with E-state index in [9.17, 15) is 4.79 Å². The lowest BCUT2D eigenvalue weighted by Gasteiger charge is -2.16. The normalized spacial score (nSPS) is 12.5. The maximum Gasteiger partial charge on any atom is 0.237 e. The summed E-state index contributed by atoms with van der Waals surface area (Å²) in [5.41, 5.74) is 5.93. The van der Waals surface area contributed by atoms with Crippen LogP contribution >= 0.6 is 11.8 Å². The van der Waals surface area contributed by atoms with Crippen LogP contribution in [0, 0.1) is 0 Å². The lowest BCUT2D eigenvalue weighted by molar-refractivity contribution is -0.116. The number of anilines is 1. The van der Waals surface area contributed by atoms with Crippen LogP contribution in [0.3, 0.4) is 0 Å². The zero-order chi connectivity index (χ0) is 23.5. The molecule has 0 spiro atoms. The van der Waals surface area contributed by atoms with Crippen molar-refractivity contribution in [2.75, 3.05) is 31.4 Å². The number of hydrogen-bond acceptors (Lipinski definition) is 5. The third-order valence-electron chi connectivity index (χ3n) is 5.94. The number of carbonyl (C=O) groups is 1. The SMILES string of the molecule is COc1ccc(-c2nc(SCC(=O)N3CCc4ccccc43)[nH]c2-c2ccc(OC)cc2)cc1. The van der Waals surface area contributed by atoms with Gasteiger partial charge in [0.2, 0.25) is 5.91 Å². The number of nitrogens with one attached hydrogen (secondary N) is 1. The van der Waals surface area contributed by atoms with Crippen molar-refractivity contribution in [3.05, 3.63) is 78.4 Å². The summed E-state index contributed by atoms with van der Waals surface area (Å²) in [7, 11) is 3.30. The third kappa shape index (κ3) is 4.39. The Hall–Kier alpha value is -3.71. The molecule has 0 bridgehead atoms. The fourth-order valence-electron chi connectivity index (χ4n) is 4.15. The molecule has 6 nitrogen and oxygen atoms in total. The minimum absolute atomic E-state index is 0.0864. The second-order valence-electron chi connectivity index (χ2n) is 7.94. The molecule has 1 N–H and O–H groups in total. The highest BCUT2D eigenvalue weighted by Crippen LogP contribution is 2.35. The van der Waals surface area contributed by atoms with Crippen molar-refractivity contribution in [2.45, 2.75) is 11.6 Å². The number of ether oxygens (including phenoxy) is 2. The highest BCUT2D eigenvalue weighted by Gasteiger charge is 2.24. The summed E-state index contributed by atoms with van der Waals surface area (Å²) in [6.07, 6.45) is 0.899. The molecule has 0 aliphatic carbocycles. The van der Waals surface area contributed by atoms with Crippen molar-refractivity contribution in [1.82, 2.24) is 9.97 Å².